The molecule has 2 aromatic rings. The second-order valence-corrected chi connectivity index (χ2v) is 22.6. The Kier molecular flexibility index (Phi) is 19.6. The van der Waals surface area contributed by atoms with Crippen molar-refractivity contribution in [3.05, 3.63) is 83.3 Å². The smallest absolute Gasteiger partial charge is 0.443 e. The van der Waals surface area contributed by atoms with Gasteiger partial charge in [-0.3, -0.25) is 4.90 Å². The van der Waals surface area contributed by atoms with Gasteiger partial charge in [-0.2, -0.15) is 21.6 Å². The highest BCUT2D eigenvalue weighted by molar-refractivity contribution is 7.87. The Hall–Kier alpha value is -4.10. The molecule has 0 aromatic heterocycles. The van der Waals surface area contributed by atoms with Gasteiger partial charge in [-0.05, 0) is 163 Å². The molecule has 13 nitrogen and oxygen atoms in total. The third-order valence-corrected chi connectivity index (χ3v) is 12.1. The zero-order chi connectivity index (χ0) is 50.9. The van der Waals surface area contributed by atoms with Crippen molar-refractivity contribution in [1.82, 2.24) is 19.6 Å². The molecule has 2 amide bonds. The normalized spacial score (nSPS) is 19.7. The Morgan fingerprint density at radius 3 is 1.52 bits per heavy atom. The molecular formula is C49H76BF3N4O9S. The number of likely N-dealkylation sites (N-methyl/N-ethyl adjacent to an activating group) is 2. The van der Waals surface area contributed by atoms with Crippen LogP contribution in [0.2, 0.25) is 0 Å². The molecule has 67 heavy (non-hydrogen) atoms. The van der Waals surface area contributed by atoms with E-state index < -0.39 is 38.8 Å². The van der Waals surface area contributed by atoms with Gasteiger partial charge in [0.15, 0.2) is 0 Å². The molecule has 5 rings (SSSR count). The van der Waals surface area contributed by atoms with Crippen molar-refractivity contribution in [3.8, 4) is 0 Å². The molecular weight excluding hydrogens is 888 g/mol. The number of alkyl halides is 3. The van der Waals surface area contributed by atoms with Gasteiger partial charge in [0.25, 0.3) is 0 Å². The van der Waals surface area contributed by atoms with E-state index in [1.54, 1.807) is 32.6 Å². The summed E-state index contributed by atoms with van der Waals surface area (Å²) in [5.74, 6) is -0.325. The van der Waals surface area contributed by atoms with Crippen LogP contribution in [-0.4, -0.2) is 130 Å². The molecule has 3 aliphatic heterocycles. The molecule has 2 atom stereocenters. The van der Waals surface area contributed by atoms with Crippen molar-refractivity contribution in [1.29, 1.82) is 0 Å². The SMILES string of the molecule is CC1CC=C(OS(=O)(=O)C(F)(F)F)N(C(=O)OC(C)(C)C)C1.CC1CC=C(c2ccc(CCN(C)C)cc2)N(C(=O)OC(C)(C)C)C1.CN(C)CCc1ccc(B2OC(C)(C)C(C)(C)O2)cc1. The summed E-state index contributed by atoms with van der Waals surface area (Å²) >= 11 is 0. The minimum absolute atomic E-state index is 0.00583. The molecule has 376 valence electrons. The van der Waals surface area contributed by atoms with Gasteiger partial charge >= 0.3 is 34.9 Å². The molecule has 0 spiro atoms. The van der Waals surface area contributed by atoms with Crippen molar-refractivity contribution in [2.24, 2.45) is 11.8 Å². The van der Waals surface area contributed by atoms with Crippen LogP contribution in [0.25, 0.3) is 5.70 Å². The molecule has 0 radical (unpaired) electrons. The van der Waals surface area contributed by atoms with E-state index >= 15 is 0 Å². The highest BCUT2D eigenvalue weighted by Crippen LogP contribution is 2.37. The van der Waals surface area contributed by atoms with E-state index in [2.05, 4.69) is 131 Å². The number of hydrogen-bond acceptors (Lipinski definition) is 11. The average Bonchev–Trinajstić information content (AvgIpc) is 3.41. The summed E-state index contributed by atoms with van der Waals surface area (Å²) in [6, 6.07) is 17.1. The number of carbonyl (C=O) groups excluding carboxylic acids is 2. The van der Waals surface area contributed by atoms with Gasteiger partial charge in [0.2, 0.25) is 5.88 Å². The van der Waals surface area contributed by atoms with Gasteiger partial charge in [0.1, 0.15) is 11.2 Å². The number of allylic oxidation sites excluding steroid dienone is 2. The Morgan fingerprint density at radius 2 is 1.10 bits per heavy atom. The first-order chi connectivity index (χ1) is 30.6. The third kappa shape index (κ3) is 18.1. The summed E-state index contributed by atoms with van der Waals surface area (Å²) in [6.07, 6.45) is 5.41. The van der Waals surface area contributed by atoms with E-state index in [0.717, 1.165) is 60.1 Å². The monoisotopic (exact) mass is 965 g/mol. The van der Waals surface area contributed by atoms with Crippen molar-refractivity contribution < 1.29 is 54.1 Å². The van der Waals surface area contributed by atoms with Gasteiger partial charge in [0, 0.05) is 26.2 Å². The summed E-state index contributed by atoms with van der Waals surface area (Å²) < 4.78 is 86.2. The lowest BCUT2D eigenvalue weighted by Crippen LogP contribution is -2.42. The molecule has 2 unspecified atom stereocenters. The zero-order valence-electron chi connectivity index (χ0n) is 42.7. The lowest BCUT2D eigenvalue weighted by molar-refractivity contribution is -0.0546. The molecule has 0 saturated carbocycles. The van der Waals surface area contributed by atoms with Crippen LogP contribution >= 0.6 is 0 Å². The number of carbonyl (C=O) groups is 2. The minimum Gasteiger partial charge on any atom is -0.443 e. The van der Waals surface area contributed by atoms with E-state index in [1.807, 2.05) is 20.8 Å². The van der Waals surface area contributed by atoms with Gasteiger partial charge in [-0.25, -0.2) is 14.5 Å². The first-order valence-corrected chi connectivity index (χ1v) is 24.3. The lowest BCUT2D eigenvalue weighted by Gasteiger charge is -2.34. The highest BCUT2D eigenvalue weighted by Gasteiger charge is 2.52. The number of rotatable bonds is 10. The molecule has 1 saturated heterocycles. The summed E-state index contributed by atoms with van der Waals surface area (Å²) in [7, 11) is 2.26. The standard InChI is InChI=1S/C21H32N2O2.C16H26BNO2.C12H18F3NO5S/c1-16-7-12-19(23(15-16)20(24)25-21(2,3)4)18-10-8-17(9-11-18)13-14-22(5)6;1-15(2)16(3,4)20-17(19-15)14-9-7-13(8-10-14)11-12-18(5)6;1-8-5-6-9(21-22(18,19)12(13,14)15)16(7-8)10(17)20-11(2,3)4/h8-12,16H,7,13-15H2,1-6H3;7-10H,11-12H2,1-6H3;6,8H,5,7H2,1-4H3. The van der Waals surface area contributed by atoms with Crippen LogP contribution < -0.4 is 5.46 Å². The molecule has 0 bridgehead atoms. The van der Waals surface area contributed by atoms with Gasteiger partial charge in [-0.15, -0.1) is 0 Å². The third-order valence-electron chi connectivity index (χ3n) is 11.1. The first kappa shape index (κ1) is 57.2. The van der Waals surface area contributed by atoms with Gasteiger partial charge in [0.05, 0.1) is 16.9 Å². The quantitative estimate of drug-likeness (QED) is 0.128. The number of halogens is 3. The summed E-state index contributed by atoms with van der Waals surface area (Å²) in [5.41, 5.74) is -1.70. The predicted molar refractivity (Wildman–Crippen MR) is 259 cm³/mol. The fraction of sp³-hybridized carbons (Fsp3) is 0.633. The van der Waals surface area contributed by atoms with Crippen molar-refractivity contribution in [3.63, 3.8) is 0 Å². The van der Waals surface area contributed by atoms with Crippen LogP contribution in [0.5, 0.6) is 0 Å². The number of benzene rings is 2. The molecule has 3 aliphatic rings. The number of nitrogens with zero attached hydrogens (tertiary/aromatic N) is 4. The van der Waals surface area contributed by atoms with Crippen LogP contribution in [-0.2, 0) is 45.9 Å². The second kappa shape index (κ2) is 23.0. The largest absolute Gasteiger partial charge is 0.534 e. The Bertz CT molecular complexity index is 2100. The predicted octanol–water partition coefficient (Wildman–Crippen LogP) is 9.47. The van der Waals surface area contributed by atoms with Gasteiger partial charge < -0.3 is 32.8 Å². The maximum Gasteiger partial charge on any atom is 0.534 e. The van der Waals surface area contributed by atoms with E-state index in [-0.39, 0.29) is 43.3 Å². The molecule has 0 N–H and O–H groups in total. The minimum atomic E-state index is -5.84. The van der Waals surface area contributed by atoms with Crippen molar-refractivity contribution in [2.75, 3.05) is 54.4 Å². The number of ether oxygens (including phenoxy) is 2. The van der Waals surface area contributed by atoms with E-state index in [9.17, 15) is 31.2 Å². The van der Waals surface area contributed by atoms with Crippen LogP contribution in [0.3, 0.4) is 0 Å². The Balaban J connectivity index is 0.000000268. The van der Waals surface area contributed by atoms with Gasteiger partial charge in [-0.1, -0.05) is 68.5 Å². The summed E-state index contributed by atoms with van der Waals surface area (Å²) in [5, 5.41) is 0. The average molecular weight is 965 g/mol. The second-order valence-electron chi connectivity index (χ2n) is 21.1. The fourth-order valence-corrected chi connectivity index (χ4v) is 7.13. The Morgan fingerprint density at radius 1 is 0.701 bits per heavy atom. The molecule has 18 heteroatoms. The lowest BCUT2D eigenvalue weighted by atomic mass is 9.79. The van der Waals surface area contributed by atoms with Crippen LogP contribution in [0, 0.1) is 11.8 Å². The van der Waals surface area contributed by atoms with Crippen LogP contribution in [0.1, 0.15) is 113 Å². The summed E-state index contributed by atoms with van der Waals surface area (Å²) in [4.78, 5) is 31.6. The Labute approximate surface area is 399 Å². The first-order valence-electron chi connectivity index (χ1n) is 22.8. The zero-order valence-corrected chi connectivity index (χ0v) is 43.5. The molecule has 0 aliphatic carbocycles. The fourth-order valence-electron chi connectivity index (χ4n) is 6.65. The van der Waals surface area contributed by atoms with E-state index in [0.29, 0.717) is 12.5 Å². The maximum absolute atomic E-state index is 12.6. The summed E-state index contributed by atoms with van der Waals surface area (Å²) in [6.45, 7) is 25.5. The van der Waals surface area contributed by atoms with Crippen LogP contribution in [0.15, 0.2) is 66.6 Å². The molecule has 1 fully saturated rings. The number of hydrogen-bond donors (Lipinski definition) is 0. The van der Waals surface area contributed by atoms with Crippen molar-refractivity contribution >= 4 is 40.6 Å². The molecule has 2 aromatic carbocycles. The maximum atomic E-state index is 12.6. The van der Waals surface area contributed by atoms with E-state index in [1.165, 1.54) is 11.1 Å². The highest BCUT2D eigenvalue weighted by atomic mass is 32.2. The van der Waals surface area contributed by atoms with E-state index in [4.69, 9.17) is 18.8 Å². The topological polar surface area (TPSA) is 127 Å². The molecule has 3 heterocycles. The van der Waals surface area contributed by atoms with Crippen molar-refractivity contribution in [2.45, 2.75) is 137 Å². The van der Waals surface area contributed by atoms with Crippen LogP contribution in [0.4, 0.5) is 22.8 Å². The number of amides is 2.